The summed E-state index contributed by atoms with van der Waals surface area (Å²) in [5.74, 6) is 0.329. The van der Waals surface area contributed by atoms with E-state index in [4.69, 9.17) is 0 Å². The van der Waals surface area contributed by atoms with Gasteiger partial charge in [0.15, 0.2) is 0 Å². The molecule has 0 amide bonds. The highest BCUT2D eigenvalue weighted by Crippen LogP contribution is 2.14. The minimum absolute atomic E-state index is 0.108. The van der Waals surface area contributed by atoms with Crippen LogP contribution in [0.2, 0.25) is 0 Å². The summed E-state index contributed by atoms with van der Waals surface area (Å²) in [5, 5.41) is 0.885. The Bertz CT molecular complexity index is 115. The Morgan fingerprint density at radius 3 is 2.64 bits per heavy atom. The van der Waals surface area contributed by atoms with Gasteiger partial charge in [0, 0.05) is 11.8 Å². The number of carbonyl (C=O) groups excluding carboxylic acids is 1. The van der Waals surface area contributed by atoms with Crippen LogP contribution in [0.1, 0.15) is 26.2 Å². The number of methoxy groups -OCH3 is 1. The number of hydrogen-bond acceptors (Lipinski definition) is 2. The fourth-order valence-corrected chi connectivity index (χ4v) is 1.51. The first-order chi connectivity index (χ1) is 5.24. The molecule has 0 heterocycles. The molecule has 0 unspecified atom stereocenters. The van der Waals surface area contributed by atoms with Crippen molar-refractivity contribution in [1.82, 2.24) is 0 Å². The van der Waals surface area contributed by atoms with Crippen molar-refractivity contribution in [3.8, 4) is 0 Å². The fourth-order valence-electron chi connectivity index (χ4n) is 0.961. The van der Waals surface area contributed by atoms with Crippen LogP contribution in [0, 0.1) is 5.92 Å². The molecule has 3 heteroatoms. The van der Waals surface area contributed by atoms with Gasteiger partial charge in [-0.05, 0) is 12.3 Å². The molecule has 0 saturated heterocycles. The number of halogens is 1. The molecule has 66 valence electrons. The maximum atomic E-state index is 10.8. The van der Waals surface area contributed by atoms with Crippen molar-refractivity contribution < 1.29 is 9.53 Å². The van der Waals surface area contributed by atoms with E-state index in [-0.39, 0.29) is 5.97 Å². The van der Waals surface area contributed by atoms with Crippen LogP contribution in [0.4, 0.5) is 0 Å². The lowest BCUT2D eigenvalue weighted by molar-refractivity contribution is -0.141. The third kappa shape index (κ3) is 5.24. The molecule has 0 aliphatic heterocycles. The molecule has 0 aliphatic rings. The van der Waals surface area contributed by atoms with Crippen LogP contribution in [0.15, 0.2) is 0 Å². The van der Waals surface area contributed by atoms with E-state index in [1.54, 1.807) is 0 Å². The molecule has 0 N–H and O–H groups in total. The summed E-state index contributed by atoms with van der Waals surface area (Å²) >= 11 is 3.37. The van der Waals surface area contributed by atoms with E-state index in [2.05, 4.69) is 27.6 Å². The molecule has 0 aromatic carbocycles. The van der Waals surface area contributed by atoms with Crippen LogP contribution in [0.3, 0.4) is 0 Å². The molecular formula is C8H15BrO2. The van der Waals surface area contributed by atoms with Crippen molar-refractivity contribution in [3.05, 3.63) is 0 Å². The van der Waals surface area contributed by atoms with E-state index in [0.29, 0.717) is 12.3 Å². The number of carbonyl (C=O) groups is 1. The molecule has 0 radical (unpaired) electrons. The standard InChI is InChI=1S/C8H15BrO2/c1-3-4-7(6-9)5-8(10)11-2/h7H,3-6H2,1-2H3/t7-/m0/s1. The van der Waals surface area contributed by atoms with E-state index < -0.39 is 0 Å². The first kappa shape index (κ1) is 11.0. The Labute approximate surface area is 76.4 Å². The minimum Gasteiger partial charge on any atom is -0.469 e. The van der Waals surface area contributed by atoms with Crippen LogP contribution >= 0.6 is 15.9 Å². The third-order valence-corrected chi connectivity index (χ3v) is 2.51. The Kier molecular flexibility index (Phi) is 6.62. The van der Waals surface area contributed by atoms with Gasteiger partial charge in [-0.1, -0.05) is 29.3 Å². The molecule has 0 rings (SSSR count). The molecule has 0 fully saturated rings. The zero-order valence-electron chi connectivity index (χ0n) is 7.10. The van der Waals surface area contributed by atoms with Crippen LogP contribution in [0.5, 0.6) is 0 Å². The van der Waals surface area contributed by atoms with Crippen molar-refractivity contribution in [2.75, 3.05) is 12.4 Å². The van der Waals surface area contributed by atoms with Gasteiger partial charge in [-0.3, -0.25) is 4.79 Å². The molecule has 0 aliphatic carbocycles. The SMILES string of the molecule is CCC[C@H](CBr)CC(=O)OC. The number of rotatable bonds is 5. The van der Waals surface area contributed by atoms with E-state index in [1.807, 2.05) is 0 Å². The molecule has 0 aromatic rings. The highest BCUT2D eigenvalue weighted by molar-refractivity contribution is 9.09. The lowest BCUT2D eigenvalue weighted by atomic mass is 10.0. The van der Waals surface area contributed by atoms with Crippen LogP contribution < -0.4 is 0 Å². The summed E-state index contributed by atoms with van der Waals surface area (Å²) in [5.41, 5.74) is 0. The fraction of sp³-hybridized carbons (Fsp3) is 0.875. The van der Waals surface area contributed by atoms with E-state index in [1.165, 1.54) is 7.11 Å². The summed E-state index contributed by atoms with van der Waals surface area (Å²) in [7, 11) is 1.43. The maximum absolute atomic E-state index is 10.8. The van der Waals surface area contributed by atoms with Crippen molar-refractivity contribution in [2.24, 2.45) is 5.92 Å². The number of alkyl halides is 1. The van der Waals surface area contributed by atoms with Gasteiger partial charge in [0.1, 0.15) is 0 Å². The first-order valence-electron chi connectivity index (χ1n) is 3.87. The van der Waals surface area contributed by atoms with Crippen molar-refractivity contribution in [1.29, 1.82) is 0 Å². The lowest BCUT2D eigenvalue weighted by Crippen LogP contribution is -2.10. The molecule has 0 spiro atoms. The quantitative estimate of drug-likeness (QED) is 0.528. The molecule has 11 heavy (non-hydrogen) atoms. The van der Waals surface area contributed by atoms with Crippen LogP contribution in [-0.4, -0.2) is 18.4 Å². The van der Waals surface area contributed by atoms with Gasteiger partial charge >= 0.3 is 5.97 Å². The zero-order chi connectivity index (χ0) is 8.69. The van der Waals surface area contributed by atoms with Crippen molar-refractivity contribution in [2.45, 2.75) is 26.2 Å². The van der Waals surface area contributed by atoms with Gasteiger partial charge in [-0.25, -0.2) is 0 Å². The predicted molar refractivity (Wildman–Crippen MR) is 48.8 cm³/mol. The molecular weight excluding hydrogens is 208 g/mol. The highest BCUT2D eigenvalue weighted by Gasteiger charge is 2.11. The summed E-state index contributed by atoms with van der Waals surface area (Å²) in [4.78, 5) is 10.8. The molecule has 2 nitrogen and oxygen atoms in total. The maximum Gasteiger partial charge on any atom is 0.305 e. The zero-order valence-corrected chi connectivity index (χ0v) is 8.69. The number of esters is 1. The monoisotopic (exact) mass is 222 g/mol. The Hall–Kier alpha value is -0.0500. The summed E-state index contributed by atoms with van der Waals surface area (Å²) < 4.78 is 4.57. The summed E-state index contributed by atoms with van der Waals surface area (Å²) in [6.07, 6.45) is 2.74. The van der Waals surface area contributed by atoms with Gasteiger partial charge in [0.2, 0.25) is 0 Å². The van der Waals surface area contributed by atoms with Gasteiger partial charge in [-0.2, -0.15) is 0 Å². The predicted octanol–water partition coefficient (Wildman–Crippen LogP) is 2.36. The summed E-state index contributed by atoms with van der Waals surface area (Å²) in [6, 6.07) is 0. The largest absolute Gasteiger partial charge is 0.469 e. The van der Waals surface area contributed by atoms with Crippen LogP contribution in [0.25, 0.3) is 0 Å². The average molecular weight is 223 g/mol. The minimum atomic E-state index is -0.108. The second-order valence-corrected chi connectivity index (χ2v) is 3.24. The smallest absolute Gasteiger partial charge is 0.305 e. The van der Waals surface area contributed by atoms with Gasteiger partial charge in [0.25, 0.3) is 0 Å². The molecule has 0 saturated carbocycles. The van der Waals surface area contributed by atoms with Gasteiger partial charge in [0.05, 0.1) is 7.11 Å². The lowest BCUT2D eigenvalue weighted by Gasteiger charge is -2.09. The Balaban J connectivity index is 3.58. The number of hydrogen-bond donors (Lipinski definition) is 0. The van der Waals surface area contributed by atoms with Crippen molar-refractivity contribution in [3.63, 3.8) is 0 Å². The van der Waals surface area contributed by atoms with Gasteiger partial charge in [-0.15, -0.1) is 0 Å². The third-order valence-electron chi connectivity index (χ3n) is 1.60. The topological polar surface area (TPSA) is 26.3 Å². The molecule has 0 bridgehead atoms. The Morgan fingerprint density at radius 2 is 2.27 bits per heavy atom. The average Bonchev–Trinajstić information content (AvgIpc) is 2.03. The van der Waals surface area contributed by atoms with Crippen molar-refractivity contribution >= 4 is 21.9 Å². The first-order valence-corrected chi connectivity index (χ1v) is 4.99. The van der Waals surface area contributed by atoms with E-state index >= 15 is 0 Å². The van der Waals surface area contributed by atoms with Gasteiger partial charge < -0.3 is 4.74 Å². The number of ether oxygens (including phenoxy) is 1. The molecule has 1 atom stereocenters. The normalized spacial score (nSPS) is 12.6. The van der Waals surface area contributed by atoms with Crippen LogP contribution in [-0.2, 0) is 9.53 Å². The Morgan fingerprint density at radius 1 is 1.64 bits per heavy atom. The summed E-state index contributed by atoms with van der Waals surface area (Å²) in [6.45, 7) is 2.12. The second-order valence-electron chi connectivity index (χ2n) is 2.59. The second kappa shape index (κ2) is 6.65. The van der Waals surface area contributed by atoms with E-state index in [0.717, 1.165) is 18.2 Å². The molecule has 0 aromatic heterocycles. The van der Waals surface area contributed by atoms with E-state index in [9.17, 15) is 4.79 Å². The highest BCUT2D eigenvalue weighted by atomic mass is 79.9.